The summed E-state index contributed by atoms with van der Waals surface area (Å²) in [6.45, 7) is -0.401. The second-order valence-corrected chi connectivity index (χ2v) is 6.87. The molecule has 0 atom stereocenters. The van der Waals surface area contributed by atoms with Crippen molar-refractivity contribution in [1.29, 1.82) is 0 Å². The Morgan fingerprint density at radius 1 is 1.23 bits per heavy atom. The minimum absolute atomic E-state index is 0.0503. The van der Waals surface area contributed by atoms with E-state index < -0.39 is 40.2 Å². The molecule has 2 rings (SSSR count). The molecule has 2 aromatic rings. The number of nitrogens with two attached hydrogens (primary N) is 1. The molecule has 162 valence electrons. The first-order valence-electron chi connectivity index (χ1n) is 8.51. The van der Waals surface area contributed by atoms with Crippen LogP contribution in [0, 0.1) is 21.0 Å². The quantitative estimate of drug-likeness (QED) is 0.160. The van der Waals surface area contributed by atoms with Gasteiger partial charge in [0, 0.05) is 15.7 Å². The van der Waals surface area contributed by atoms with E-state index in [2.05, 4.69) is 10.5 Å². The lowest BCUT2D eigenvalue weighted by molar-refractivity contribution is 0.0168. The molecule has 30 heavy (non-hydrogen) atoms. The molecule has 0 spiro atoms. The van der Waals surface area contributed by atoms with Gasteiger partial charge in [-0.15, -0.1) is 0 Å². The zero-order valence-electron chi connectivity index (χ0n) is 15.4. The maximum absolute atomic E-state index is 14.8. The Balaban J connectivity index is 2.47. The van der Waals surface area contributed by atoms with Gasteiger partial charge in [0.25, 0.3) is 5.91 Å². The molecule has 0 aliphatic carbocycles. The van der Waals surface area contributed by atoms with Gasteiger partial charge >= 0.3 is 0 Å². The van der Waals surface area contributed by atoms with Crippen LogP contribution in [0.5, 0.6) is 0 Å². The van der Waals surface area contributed by atoms with E-state index in [0.29, 0.717) is 3.57 Å². The van der Waals surface area contributed by atoms with Gasteiger partial charge in [-0.25, -0.2) is 18.7 Å². The number of nitrogens with zero attached hydrogens (tertiary/aromatic N) is 1. The fourth-order valence-electron chi connectivity index (χ4n) is 2.18. The third-order valence-corrected chi connectivity index (χ3v) is 4.17. The Bertz CT molecular complexity index is 931. The van der Waals surface area contributed by atoms with E-state index >= 15 is 0 Å². The first kappa shape index (κ1) is 23.9. The number of hydroxylamine groups is 1. The molecule has 0 fully saturated rings. The predicted molar refractivity (Wildman–Crippen MR) is 112 cm³/mol. The van der Waals surface area contributed by atoms with Crippen LogP contribution in [0.3, 0.4) is 0 Å². The van der Waals surface area contributed by atoms with Gasteiger partial charge in [0.05, 0.1) is 36.4 Å². The largest absolute Gasteiger partial charge is 0.394 e. The molecule has 8 nitrogen and oxygen atoms in total. The van der Waals surface area contributed by atoms with Gasteiger partial charge in [0.1, 0.15) is 12.4 Å². The van der Waals surface area contributed by atoms with Crippen molar-refractivity contribution in [2.24, 2.45) is 10.9 Å². The standard InChI is InChI=1S/C18H18F3IN4O4/c19-13-8-11(22)1-2-14(13)25-17-12(18(28)26-30-6-4-27)7-10(15(20)16(17)21)9-24-29-5-3-23/h1-2,7-9,25,27H,3-6,23H2,(H,26,28)/b24-9+. The summed E-state index contributed by atoms with van der Waals surface area (Å²) >= 11 is 1.89. The maximum Gasteiger partial charge on any atom is 0.277 e. The van der Waals surface area contributed by atoms with Crippen molar-refractivity contribution in [1.82, 2.24) is 5.48 Å². The second kappa shape index (κ2) is 11.7. The fraction of sp³-hybridized carbons (Fsp3) is 0.222. The summed E-state index contributed by atoms with van der Waals surface area (Å²) < 4.78 is 44.1. The smallest absolute Gasteiger partial charge is 0.277 e. The van der Waals surface area contributed by atoms with Gasteiger partial charge in [0.2, 0.25) is 0 Å². The number of anilines is 2. The summed E-state index contributed by atoms with van der Waals surface area (Å²) in [4.78, 5) is 21.9. The van der Waals surface area contributed by atoms with Crippen molar-refractivity contribution < 1.29 is 32.7 Å². The molecule has 0 radical (unpaired) electrons. The minimum Gasteiger partial charge on any atom is -0.394 e. The Morgan fingerprint density at radius 2 is 2.00 bits per heavy atom. The molecule has 0 aliphatic heterocycles. The molecular formula is C18H18F3IN4O4. The van der Waals surface area contributed by atoms with Crippen LogP contribution < -0.4 is 16.5 Å². The monoisotopic (exact) mass is 538 g/mol. The number of hydrogen-bond acceptors (Lipinski definition) is 7. The average molecular weight is 538 g/mol. The van der Waals surface area contributed by atoms with Crippen LogP contribution in [0.1, 0.15) is 15.9 Å². The molecular weight excluding hydrogens is 520 g/mol. The molecule has 5 N–H and O–H groups in total. The summed E-state index contributed by atoms with van der Waals surface area (Å²) in [5, 5.41) is 14.6. The number of aliphatic hydroxyl groups is 1. The maximum atomic E-state index is 14.8. The first-order valence-corrected chi connectivity index (χ1v) is 9.59. The number of rotatable bonds is 10. The molecule has 0 heterocycles. The van der Waals surface area contributed by atoms with Crippen LogP contribution in [-0.2, 0) is 9.68 Å². The Hall–Kier alpha value is -2.42. The van der Waals surface area contributed by atoms with Crippen LogP contribution in [0.25, 0.3) is 0 Å². The highest BCUT2D eigenvalue weighted by atomic mass is 127. The normalized spacial score (nSPS) is 11.0. The fourth-order valence-corrected chi connectivity index (χ4v) is 2.64. The number of hydrogen-bond donors (Lipinski definition) is 4. The van der Waals surface area contributed by atoms with Crippen LogP contribution in [0.2, 0.25) is 0 Å². The molecule has 0 unspecified atom stereocenters. The molecule has 2 aromatic carbocycles. The third kappa shape index (κ3) is 6.29. The number of nitrogens with one attached hydrogen (secondary N) is 2. The van der Waals surface area contributed by atoms with E-state index in [-0.39, 0.29) is 32.1 Å². The molecule has 1 amide bonds. The highest BCUT2D eigenvalue weighted by molar-refractivity contribution is 14.1. The van der Waals surface area contributed by atoms with Crippen molar-refractivity contribution in [2.75, 3.05) is 31.7 Å². The topological polar surface area (TPSA) is 118 Å². The summed E-state index contributed by atoms with van der Waals surface area (Å²) in [6, 6.07) is 5.02. The van der Waals surface area contributed by atoms with E-state index in [1.54, 1.807) is 6.07 Å². The Kier molecular flexibility index (Phi) is 9.29. The van der Waals surface area contributed by atoms with E-state index in [0.717, 1.165) is 12.3 Å². The predicted octanol–water partition coefficient (Wildman–Crippen LogP) is 2.42. The first-order chi connectivity index (χ1) is 14.4. The summed E-state index contributed by atoms with van der Waals surface area (Å²) in [6.07, 6.45) is 0.870. The third-order valence-electron chi connectivity index (χ3n) is 3.50. The molecule has 0 aromatic heterocycles. The summed E-state index contributed by atoms with van der Waals surface area (Å²) in [5.74, 6) is -4.47. The number of carbonyl (C=O) groups is 1. The molecule has 0 saturated carbocycles. The van der Waals surface area contributed by atoms with Gasteiger partial charge in [-0.1, -0.05) is 5.16 Å². The number of halogens is 4. The number of benzene rings is 2. The van der Waals surface area contributed by atoms with E-state index in [1.807, 2.05) is 28.1 Å². The van der Waals surface area contributed by atoms with Crippen molar-refractivity contribution in [3.63, 3.8) is 0 Å². The van der Waals surface area contributed by atoms with Gasteiger partial charge in [-0.05, 0) is 46.9 Å². The van der Waals surface area contributed by atoms with Crippen molar-refractivity contribution in [3.05, 3.63) is 56.4 Å². The number of oxime groups is 1. The van der Waals surface area contributed by atoms with Crippen LogP contribution in [-0.4, -0.2) is 43.6 Å². The summed E-state index contributed by atoms with van der Waals surface area (Å²) in [7, 11) is 0. The van der Waals surface area contributed by atoms with Gasteiger partial charge in [-0.2, -0.15) is 0 Å². The zero-order chi connectivity index (χ0) is 22.1. The van der Waals surface area contributed by atoms with E-state index in [1.165, 1.54) is 12.1 Å². The number of aliphatic hydroxyl groups excluding tert-OH is 1. The average Bonchev–Trinajstić information content (AvgIpc) is 2.72. The van der Waals surface area contributed by atoms with Crippen molar-refractivity contribution in [2.45, 2.75) is 0 Å². The zero-order valence-corrected chi connectivity index (χ0v) is 17.6. The SMILES string of the molecule is NCCO/N=C/c1cc(C(=O)NOCCO)c(Nc2ccc(I)cc2F)c(F)c1F. The van der Waals surface area contributed by atoms with Crippen molar-refractivity contribution in [3.8, 4) is 0 Å². The highest BCUT2D eigenvalue weighted by Crippen LogP contribution is 2.30. The lowest BCUT2D eigenvalue weighted by Gasteiger charge is -2.15. The van der Waals surface area contributed by atoms with E-state index in [4.69, 9.17) is 20.5 Å². The lowest BCUT2D eigenvalue weighted by atomic mass is 10.1. The second-order valence-electron chi connectivity index (χ2n) is 5.63. The van der Waals surface area contributed by atoms with Crippen LogP contribution >= 0.6 is 22.6 Å². The number of amides is 1. The van der Waals surface area contributed by atoms with Gasteiger partial charge in [0.15, 0.2) is 11.6 Å². The Morgan fingerprint density at radius 3 is 2.67 bits per heavy atom. The lowest BCUT2D eigenvalue weighted by Crippen LogP contribution is -2.26. The van der Waals surface area contributed by atoms with Crippen molar-refractivity contribution >= 4 is 46.1 Å². The molecule has 0 bridgehead atoms. The van der Waals surface area contributed by atoms with Gasteiger partial charge in [-0.3, -0.25) is 9.63 Å². The minimum atomic E-state index is -1.44. The van der Waals surface area contributed by atoms with Crippen LogP contribution in [0.15, 0.2) is 29.4 Å². The van der Waals surface area contributed by atoms with Crippen LogP contribution in [0.4, 0.5) is 24.5 Å². The molecule has 0 saturated heterocycles. The summed E-state index contributed by atoms with van der Waals surface area (Å²) in [5.41, 5.74) is 5.64. The molecule has 0 aliphatic rings. The number of carbonyl (C=O) groups excluding carboxylic acids is 1. The Labute approximate surface area is 183 Å². The van der Waals surface area contributed by atoms with E-state index in [9.17, 15) is 18.0 Å². The van der Waals surface area contributed by atoms with Gasteiger partial charge < -0.3 is 21.0 Å². The molecule has 12 heteroatoms. The highest BCUT2D eigenvalue weighted by Gasteiger charge is 2.23.